The molecule has 1 amide bonds. The van der Waals surface area contributed by atoms with E-state index >= 15 is 0 Å². The van der Waals surface area contributed by atoms with Crippen LogP contribution in [0.5, 0.6) is 0 Å². The van der Waals surface area contributed by atoms with Gasteiger partial charge in [0.1, 0.15) is 23.1 Å². The zero-order chi connectivity index (χ0) is 21.5. The number of anilines is 1. The van der Waals surface area contributed by atoms with E-state index in [1.807, 2.05) is 39.1 Å². The Balaban J connectivity index is 1.53. The second-order valence-electron chi connectivity index (χ2n) is 9.21. The number of amides is 1. The van der Waals surface area contributed by atoms with Gasteiger partial charge in [0.25, 0.3) is 0 Å². The van der Waals surface area contributed by atoms with Crippen LogP contribution in [0, 0.1) is 11.3 Å². The molecule has 0 bridgehead atoms. The molecule has 2 aromatic heterocycles. The smallest absolute Gasteiger partial charge is 0.410 e. The monoisotopic (exact) mass is 410 g/mol. The van der Waals surface area contributed by atoms with Crippen molar-refractivity contribution in [2.24, 2.45) is 0 Å². The average molecular weight is 411 g/mol. The molecule has 1 saturated heterocycles. The Hall–Kier alpha value is -2.79. The van der Waals surface area contributed by atoms with Crippen molar-refractivity contribution in [2.75, 3.05) is 38.1 Å². The van der Waals surface area contributed by atoms with Gasteiger partial charge < -0.3 is 24.4 Å². The maximum atomic E-state index is 12.3. The molecular weight excluding hydrogens is 380 g/mol. The lowest BCUT2D eigenvalue weighted by Crippen LogP contribution is -2.47. The summed E-state index contributed by atoms with van der Waals surface area (Å²) in [7, 11) is 1.80. The van der Waals surface area contributed by atoms with E-state index < -0.39 is 5.60 Å². The van der Waals surface area contributed by atoms with Gasteiger partial charge in [-0.15, -0.1) is 0 Å². The molecule has 1 aliphatic heterocycles. The van der Waals surface area contributed by atoms with Crippen LogP contribution < -0.4 is 10.2 Å². The summed E-state index contributed by atoms with van der Waals surface area (Å²) < 4.78 is 7.61. The third-order valence-corrected chi connectivity index (χ3v) is 5.94. The number of rotatable bonds is 3. The zero-order valence-electron chi connectivity index (χ0n) is 18.2. The highest BCUT2D eigenvalue weighted by atomic mass is 16.6. The number of nitrogens with zero attached hydrogens (tertiary/aromatic N) is 5. The number of piperazine rings is 1. The molecule has 1 saturated carbocycles. The summed E-state index contributed by atoms with van der Waals surface area (Å²) >= 11 is 0. The van der Waals surface area contributed by atoms with Crippen molar-refractivity contribution >= 4 is 22.9 Å². The largest absolute Gasteiger partial charge is 0.444 e. The number of nitriles is 1. The first-order chi connectivity index (χ1) is 14.3. The van der Waals surface area contributed by atoms with Gasteiger partial charge in [-0.2, -0.15) is 5.26 Å². The van der Waals surface area contributed by atoms with E-state index in [0.29, 0.717) is 5.56 Å². The lowest BCUT2D eigenvalue weighted by Gasteiger charge is -2.42. The highest BCUT2D eigenvalue weighted by Gasteiger charge is 2.37. The van der Waals surface area contributed by atoms with E-state index in [0.717, 1.165) is 55.9 Å². The van der Waals surface area contributed by atoms with Gasteiger partial charge in [-0.25, -0.2) is 9.78 Å². The molecule has 0 spiro atoms. The van der Waals surface area contributed by atoms with Crippen molar-refractivity contribution in [2.45, 2.75) is 51.3 Å². The minimum Gasteiger partial charge on any atom is -0.444 e. The molecule has 0 aromatic carbocycles. The summed E-state index contributed by atoms with van der Waals surface area (Å²) in [4.78, 5) is 21.2. The highest BCUT2D eigenvalue weighted by molar-refractivity contribution is 5.85. The quantitative estimate of drug-likeness (QED) is 0.837. The summed E-state index contributed by atoms with van der Waals surface area (Å²) in [6, 6.07) is 6.67. The van der Waals surface area contributed by atoms with Gasteiger partial charge in [0.05, 0.1) is 5.56 Å². The number of hydrogen-bond acceptors (Lipinski definition) is 6. The minimum absolute atomic E-state index is 0.129. The number of ether oxygens (including phenoxy) is 1. The van der Waals surface area contributed by atoms with Crippen LogP contribution in [0.15, 0.2) is 18.3 Å². The lowest BCUT2D eigenvalue weighted by atomic mass is 9.85. The molecule has 0 radical (unpaired) electrons. The molecule has 0 unspecified atom stereocenters. The predicted octanol–water partition coefficient (Wildman–Crippen LogP) is 2.89. The average Bonchev–Trinajstić information content (AvgIpc) is 3.04. The van der Waals surface area contributed by atoms with Gasteiger partial charge in [-0.3, -0.25) is 0 Å². The van der Waals surface area contributed by atoms with E-state index in [1.165, 1.54) is 0 Å². The van der Waals surface area contributed by atoms with Crippen LogP contribution in [0.2, 0.25) is 0 Å². The molecule has 8 heteroatoms. The van der Waals surface area contributed by atoms with Crippen molar-refractivity contribution in [3.63, 3.8) is 0 Å². The van der Waals surface area contributed by atoms with Crippen LogP contribution >= 0.6 is 0 Å². The molecule has 8 nitrogen and oxygen atoms in total. The fraction of sp³-hybridized carbons (Fsp3) is 0.591. The standard InChI is InChI=1S/C22H30N6O2/c1-22(2,3)30-21(29)26(4)16-11-17(12-16)28-14-15(13-23)18-5-6-19(25-20(18)28)27-9-7-24-8-10-27/h5-6,14,16-17,24H,7-12H2,1-4H3/t16-,17-. The summed E-state index contributed by atoms with van der Waals surface area (Å²) in [5.74, 6) is 0.953. The van der Waals surface area contributed by atoms with Crippen LogP contribution in [0.4, 0.5) is 10.6 Å². The third-order valence-electron chi connectivity index (χ3n) is 5.94. The Labute approximate surface area is 177 Å². The summed E-state index contributed by atoms with van der Waals surface area (Å²) in [6.45, 7) is 9.38. The van der Waals surface area contributed by atoms with E-state index in [1.54, 1.807) is 11.9 Å². The Morgan fingerprint density at radius 2 is 2.00 bits per heavy atom. The number of fused-ring (bicyclic) bond motifs is 1. The van der Waals surface area contributed by atoms with Crippen molar-refractivity contribution in [1.82, 2.24) is 19.8 Å². The fourth-order valence-electron chi connectivity index (χ4n) is 4.14. The normalized spacial score (nSPS) is 21.8. The van der Waals surface area contributed by atoms with Crippen LogP contribution in [-0.2, 0) is 4.74 Å². The lowest BCUT2D eigenvalue weighted by molar-refractivity contribution is 0.00809. The zero-order valence-corrected chi connectivity index (χ0v) is 18.2. The first kappa shape index (κ1) is 20.5. The second-order valence-corrected chi connectivity index (χ2v) is 9.21. The minimum atomic E-state index is -0.503. The molecule has 2 aliphatic rings. The van der Waals surface area contributed by atoms with E-state index in [2.05, 4.69) is 20.9 Å². The number of carbonyl (C=O) groups excluding carboxylic acids is 1. The van der Waals surface area contributed by atoms with E-state index in [4.69, 9.17) is 9.72 Å². The molecule has 1 N–H and O–H groups in total. The number of hydrogen-bond donors (Lipinski definition) is 1. The van der Waals surface area contributed by atoms with Gasteiger partial charge in [0, 0.05) is 56.9 Å². The van der Waals surface area contributed by atoms with Gasteiger partial charge in [0.2, 0.25) is 0 Å². The van der Waals surface area contributed by atoms with E-state index in [9.17, 15) is 10.1 Å². The van der Waals surface area contributed by atoms with Gasteiger partial charge >= 0.3 is 6.09 Å². The molecule has 2 aromatic rings. The highest BCUT2D eigenvalue weighted by Crippen LogP contribution is 2.39. The molecular formula is C22H30N6O2. The number of pyridine rings is 1. The maximum absolute atomic E-state index is 12.3. The molecule has 2 fully saturated rings. The maximum Gasteiger partial charge on any atom is 0.410 e. The van der Waals surface area contributed by atoms with Crippen molar-refractivity contribution in [1.29, 1.82) is 5.26 Å². The van der Waals surface area contributed by atoms with E-state index in [-0.39, 0.29) is 18.2 Å². The Morgan fingerprint density at radius 3 is 2.63 bits per heavy atom. The van der Waals surface area contributed by atoms with Crippen molar-refractivity contribution < 1.29 is 9.53 Å². The second kappa shape index (κ2) is 7.80. The summed E-state index contributed by atoms with van der Waals surface area (Å²) in [6.07, 6.45) is 3.27. The first-order valence-corrected chi connectivity index (χ1v) is 10.6. The number of aromatic nitrogens is 2. The molecule has 1 aliphatic carbocycles. The van der Waals surface area contributed by atoms with Gasteiger partial charge in [-0.1, -0.05) is 0 Å². The Morgan fingerprint density at radius 1 is 1.30 bits per heavy atom. The predicted molar refractivity (Wildman–Crippen MR) is 116 cm³/mol. The van der Waals surface area contributed by atoms with Crippen molar-refractivity contribution in [3.8, 4) is 6.07 Å². The first-order valence-electron chi connectivity index (χ1n) is 10.6. The fourth-order valence-corrected chi connectivity index (χ4v) is 4.14. The molecule has 3 heterocycles. The molecule has 160 valence electrons. The Bertz CT molecular complexity index is 974. The molecule has 30 heavy (non-hydrogen) atoms. The number of nitrogens with one attached hydrogen (secondary N) is 1. The van der Waals surface area contributed by atoms with Crippen LogP contribution in [0.25, 0.3) is 11.0 Å². The topological polar surface area (TPSA) is 86.4 Å². The molecule has 4 rings (SSSR count). The number of carbonyl (C=O) groups is 1. The van der Waals surface area contributed by atoms with Crippen LogP contribution in [0.3, 0.4) is 0 Å². The SMILES string of the molecule is CN(C(=O)OC(C)(C)C)[C@H]1C[C@H](n2cc(C#N)c3ccc(N4CCNCC4)nc32)C1. The van der Waals surface area contributed by atoms with Crippen LogP contribution in [0.1, 0.15) is 45.2 Å². The van der Waals surface area contributed by atoms with Crippen LogP contribution in [-0.4, -0.2) is 65.4 Å². The summed E-state index contributed by atoms with van der Waals surface area (Å²) in [5, 5.41) is 13.8. The van der Waals surface area contributed by atoms with Crippen molar-refractivity contribution in [3.05, 3.63) is 23.9 Å². The molecule has 0 atom stereocenters. The van der Waals surface area contributed by atoms with Gasteiger partial charge in [0.15, 0.2) is 0 Å². The van der Waals surface area contributed by atoms with Gasteiger partial charge in [-0.05, 0) is 45.7 Å². The third kappa shape index (κ3) is 3.94. The Kier molecular flexibility index (Phi) is 5.33. The summed E-state index contributed by atoms with van der Waals surface area (Å²) in [5.41, 5.74) is 0.996.